The fraction of sp³-hybridized carbons (Fsp3) is 0.429. The van der Waals surface area contributed by atoms with E-state index >= 15 is 0 Å². The highest BCUT2D eigenvalue weighted by Gasteiger charge is 2.37. The SMILES string of the molecule is CC1(N)CCCCC1C(=O)Nc1cccc(-c2ccc3c(c2)OCCO3)n1.Cl.Cl. The van der Waals surface area contributed by atoms with Gasteiger partial charge in [-0.1, -0.05) is 18.9 Å². The van der Waals surface area contributed by atoms with E-state index in [0.717, 1.165) is 48.4 Å². The van der Waals surface area contributed by atoms with Gasteiger partial charge in [0.2, 0.25) is 5.91 Å². The van der Waals surface area contributed by atoms with E-state index in [-0.39, 0.29) is 36.6 Å². The van der Waals surface area contributed by atoms with Crippen LogP contribution in [0.3, 0.4) is 0 Å². The lowest BCUT2D eigenvalue weighted by Gasteiger charge is -2.37. The van der Waals surface area contributed by atoms with Crippen molar-refractivity contribution in [3.8, 4) is 22.8 Å². The molecular weight excluding hydrogens is 413 g/mol. The summed E-state index contributed by atoms with van der Waals surface area (Å²) in [6.45, 7) is 3.07. The first-order valence-corrected chi connectivity index (χ1v) is 9.50. The summed E-state index contributed by atoms with van der Waals surface area (Å²) < 4.78 is 11.2. The van der Waals surface area contributed by atoms with Gasteiger partial charge in [-0.3, -0.25) is 4.79 Å². The molecule has 1 aromatic heterocycles. The molecule has 158 valence electrons. The average molecular weight is 440 g/mol. The van der Waals surface area contributed by atoms with E-state index in [2.05, 4.69) is 10.3 Å². The van der Waals surface area contributed by atoms with Gasteiger partial charge in [-0.2, -0.15) is 0 Å². The average Bonchev–Trinajstić information content (AvgIpc) is 2.67. The van der Waals surface area contributed by atoms with Crippen molar-refractivity contribution in [2.75, 3.05) is 18.5 Å². The number of fused-ring (bicyclic) bond motifs is 1. The number of nitrogens with two attached hydrogens (primary N) is 1. The van der Waals surface area contributed by atoms with Gasteiger partial charge in [-0.25, -0.2) is 4.98 Å². The molecule has 2 aromatic rings. The maximum absolute atomic E-state index is 12.8. The third-order valence-corrected chi connectivity index (χ3v) is 5.41. The van der Waals surface area contributed by atoms with Crippen molar-refractivity contribution >= 4 is 36.5 Å². The molecule has 6 nitrogen and oxygen atoms in total. The highest BCUT2D eigenvalue weighted by Crippen LogP contribution is 2.35. The maximum atomic E-state index is 12.8. The number of hydrogen-bond donors (Lipinski definition) is 2. The molecule has 1 aromatic carbocycles. The molecule has 1 aliphatic heterocycles. The minimum Gasteiger partial charge on any atom is -0.486 e. The molecular formula is C21H27Cl2N3O3. The van der Waals surface area contributed by atoms with Crippen LogP contribution in [0.4, 0.5) is 5.82 Å². The fourth-order valence-corrected chi connectivity index (χ4v) is 3.87. The molecule has 1 fully saturated rings. The number of halogens is 2. The monoisotopic (exact) mass is 439 g/mol. The summed E-state index contributed by atoms with van der Waals surface area (Å²) >= 11 is 0. The highest BCUT2D eigenvalue weighted by molar-refractivity contribution is 5.93. The second-order valence-electron chi connectivity index (χ2n) is 7.56. The van der Waals surface area contributed by atoms with E-state index < -0.39 is 5.54 Å². The van der Waals surface area contributed by atoms with Gasteiger partial charge < -0.3 is 20.5 Å². The Labute approximate surface area is 183 Å². The van der Waals surface area contributed by atoms with Crippen molar-refractivity contribution in [2.45, 2.75) is 38.1 Å². The number of pyridine rings is 1. The zero-order valence-electron chi connectivity index (χ0n) is 16.3. The normalized spacial score (nSPS) is 22.6. The van der Waals surface area contributed by atoms with E-state index in [0.29, 0.717) is 19.0 Å². The van der Waals surface area contributed by atoms with Gasteiger partial charge in [0.25, 0.3) is 0 Å². The molecule has 2 aliphatic rings. The van der Waals surface area contributed by atoms with Crippen LogP contribution in [0.1, 0.15) is 32.6 Å². The van der Waals surface area contributed by atoms with Crippen LogP contribution in [-0.2, 0) is 4.79 Å². The molecule has 2 unspecified atom stereocenters. The summed E-state index contributed by atoms with van der Waals surface area (Å²) in [5.74, 6) is 1.76. The quantitative estimate of drug-likeness (QED) is 0.747. The standard InChI is InChI=1S/C21H25N3O3.2ClH/c1-21(22)10-3-2-5-15(21)20(25)24-19-7-4-6-16(23-19)14-8-9-17-18(13-14)27-12-11-26-17;;/h4,6-9,13,15H,2-3,5,10-12,22H2,1H3,(H,23,24,25);2*1H. The number of rotatable bonds is 3. The minimum atomic E-state index is -0.463. The molecule has 1 amide bonds. The topological polar surface area (TPSA) is 86.5 Å². The van der Waals surface area contributed by atoms with Gasteiger partial charge in [0.1, 0.15) is 19.0 Å². The smallest absolute Gasteiger partial charge is 0.230 e. The van der Waals surface area contributed by atoms with Crippen LogP contribution in [-0.4, -0.2) is 29.6 Å². The summed E-state index contributed by atoms with van der Waals surface area (Å²) in [5, 5.41) is 2.95. The van der Waals surface area contributed by atoms with E-state index in [1.807, 2.05) is 37.3 Å². The first-order valence-electron chi connectivity index (χ1n) is 9.50. The van der Waals surface area contributed by atoms with Gasteiger partial charge in [0.05, 0.1) is 11.6 Å². The number of anilines is 1. The molecule has 3 N–H and O–H groups in total. The lowest BCUT2D eigenvalue weighted by molar-refractivity contribution is -0.122. The Bertz CT molecular complexity index is 861. The Morgan fingerprint density at radius 2 is 1.90 bits per heavy atom. The lowest BCUT2D eigenvalue weighted by Crippen LogP contribution is -2.51. The minimum absolute atomic E-state index is 0. The molecule has 1 aliphatic carbocycles. The molecule has 2 atom stereocenters. The van der Waals surface area contributed by atoms with Gasteiger partial charge in [0, 0.05) is 11.1 Å². The number of aromatic nitrogens is 1. The maximum Gasteiger partial charge on any atom is 0.230 e. The number of benzene rings is 1. The number of amides is 1. The first kappa shape index (κ1) is 23.3. The van der Waals surface area contributed by atoms with Gasteiger partial charge in [-0.15, -0.1) is 24.8 Å². The van der Waals surface area contributed by atoms with Crippen molar-refractivity contribution in [3.05, 3.63) is 36.4 Å². The van der Waals surface area contributed by atoms with Crippen LogP contribution < -0.4 is 20.5 Å². The lowest BCUT2D eigenvalue weighted by atomic mass is 9.74. The molecule has 0 saturated heterocycles. The third kappa shape index (κ3) is 5.13. The number of carbonyl (C=O) groups is 1. The van der Waals surface area contributed by atoms with Gasteiger partial charge in [0.15, 0.2) is 11.5 Å². The number of carbonyl (C=O) groups excluding carboxylic acids is 1. The number of nitrogens with one attached hydrogen (secondary N) is 1. The molecule has 0 bridgehead atoms. The molecule has 4 rings (SSSR count). The van der Waals surface area contributed by atoms with Crippen LogP contribution in [0, 0.1) is 5.92 Å². The number of nitrogens with zero attached hydrogens (tertiary/aromatic N) is 1. The van der Waals surface area contributed by atoms with Crippen molar-refractivity contribution in [1.82, 2.24) is 4.98 Å². The fourth-order valence-electron chi connectivity index (χ4n) is 3.87. The largest absolute Gasteiger partial charge is 0.486 e. The summed E-state index contributed by atoms with van der Waals surface area (Å²) in [6.07, 6.45) is 3.81. The van der Waals surface area contributed by atoms with Crippen LogP contribution in [0.15, 0.2) is 36.4 Å². The predicted molar refractivity (Wildman–Crippen MR) is 118 cm³/mol. The van der Waals surface area contributed by atoms with Crippen LogP contribution in [0.25, 0.3) is 11.3 Å². The van der Waals surface area contributed by atoms with E-state index in [4.69, 9.17) is 15.2 Å². The summed E-state index contributed by atoms with van der Waals surface area (Å²) in [4.78, 5) is 17.4. The number of hydrogen-bond acceptors (Lipinski definition) is 5. The molecule has 29 heavy (non-hydrogen) atoms. The third-order valence-electron chi connectivity index (χ3n) is 5.41. The Morgan fingerprint density at radius 3 is 2.66 bits per heavy atom. The van der Waals surface area contributed by atoms with Crippen LogP contribution in [0.5, 0.6) is 11.5 Å². The van der Waals surface area contributed by atoms with Crippen molar-refractivity contribution < 1.29 is 14.3 Å². The van der Waals surface area contributed by atoms with Crippen LogP contribution >= 0.6 is 24.8 Å². The highest BCUT2D eigenvalue weighted by atomic mass is 35.5. The Morgan fingerprint density at radius 1 is 1.14 bits per heavy atom. The van der Waals surface area contributed by atoms with Crippen molar-refractivity contribution in [2.24, 2.45) is 11.7 Å². The van der Waals surface area contributed by atoms with Gasteiger partial charge in [-0.05, 0) is 50.1 Å². The Kier molecular flexibility index (Phi) is 7.74. The predicted octanol–water partition coefficient (Wildman–Crippen LogP) is 4.21. The first-order chi connectivity index (χ1) is 13.0. The van der Waals surface area contributed by atoms with E-state index in [9.17, 15) is 4.79 Å². The van der Waals surface area contributed by atoms with Crippen LogP contribution in [0.2, 0.25) is 0 Å². The second kappa shape index (κ2) is 9.65. The van der Waals surface area contributed by atoms with Crippen molar-refractivity contribution in [1.29, 1.82) is 0 Å². The number of ether oxygens (including phenoxy) is 2. The summed E-state index contributed by atoms with van der Waals surface area (Å²) in [5.41, 5.74) is 7.57. The molecule has 2 heterocycles. The van der Waals surface area contributed by atoms with Gasteiger partial charge >= 0.3 is 0 Å². The van der Waals surface area contributed by atoms with Crippen molar-refractivity contribution in [3.63, 3.8) is 0 Å². The van der Waals surface area contributed by atoms with E-state index in [1.165, 1.54) is 0 Å². The van der Waals surface area contributed by atoms with E-state index in [1.54, 1.807) is 6.07 Å². The molecule has 0 radical (unpaired) electrons. The molecule has 0 spiro atoms. The zero-order chi connectivity index (χ0) is 18.9. The second-order valence-corrected chi connectivity index (χ2v) is 7.56. The molecule has 8 heteroatoms. The Balaban J connectivity index is 0.00000150. The summed E-state index contributed by atoms with van der Waals surface area (Å²) in [7, 11) is 0. The Hall–Kier alpha value is -2.02. The molecule has 1 saturated carbocycles. The zero-order valence-corrected chi connectivity index (χ0v) is 18.0. The summed E-state index contributed by atoms with van der Waals surface area (Å²) in [6, 6.07) is 11.3.